The molecule has 0 amide bonds. The number of benzene rings is 2. The Bertz CT molecular complexity index is 581. The molecule has 1 heterocycles. The van der Waals surface area contributed by atoms with Crippen LogP contribution in [0.2, 0.25) is 0 Å². The maximum Gasteiger partial charge on any atom is 0.0472 e. The minimum Gasteiger partial charge on any atom is -0.309 e. The van der Waals surface area contributed by atoms with Crippen molar-refractivity contribution in [2.75, 3.05) is 12.3 Å². The topological polar surface area (TPSA) is 12.0 Å². The van der Waals surface area contributed by atoms with E-state index in [2.05, 4.69) is 73.4 Å². The van der Waals surface area contributed by atoms with Crippen molar-refractivity contribution in [2.45, 2.75) is 37.5 Å². The highest BCUT2D eigenvalue weighted by atomic mass is 32.2. The van der Waals surface area contributed by atoms with Gasteiger partial charge in [-0.1, -0.05) is 49.4 Å². The largest absolute Gasteiger partial charge is 0.309 e. The second-order valence-electron chi connectivity index (χ2n) is 5.82. The van der Waals surface area contributed by atoms with Gasteiger partial charge >= 0.3 is 0 Å². The summed E-state index contributed by atoms with van der Waals surface area (Å²) in [5, 5.41) is 6.50. The van der Waals surface area contributed by atoms with Gasteiger partial charge in [-0.25, -0.2) is 0 Å². The molecule has 1 aliphatic heterocycles. The van der Waals surface area contributed by atoms with E-state index in [0.717, 1.165) is 6.54 Å². The Morgan fingerprint density at radius 2 is 2.00 bits per heavy atom. The van der Waals surface area contributed by atoms with Crippen molar-refractivity contribution >= 4 is 22.5 Å². The lowest BCUT2D eigenvalue weighted by atomic mass is 9.87. The Morgan fingerprint density at radius 3 is 2.75 bits per heavy atom. The SMILES string of the molecule is CCNC(c1cccc2ccccc12)C1(C)CCCS1. The third kappa shape index (κ3) is 2.47. The molecule has 2 atom stereocenters. The molecule has 0 bridgehead atoms. The van der Waals surface area contributed by atoms with Crippen LogP contribution in [0.3, 0.4) is 0 Å². The van der Waals surface area contributed by atoms with Gasteiger partial charge in [-0.3, -0.25) is 0 Å². The Labute approximate surface area is 126 Å². The summed E-state index contributed by atoms with van der Waals surface area (Å²) in [5.74, 6) is 1.29. The van der Waals surface area contributed by atoms with Crippen LogP contribution in [0.15, 0.2) is 42.5 Å². The van der Waals surface area contributed by atoms with Gasteiger partial charge in [0.05, 0.1) is 0 Å². The third-order valence-corrected chi connectivity index (χ3v) is 5.99. The number of nitrogens with one attached hydrogen (secondary N) is 1. The maximum atomic E-state index is 3.75. The highest BCUT2D eigenvalue weighted by molar-refractivity contribution is 8.00. The van der Waals surface area contributed by atoms with E-state index in [1.54, 1.807) is 0 Å². The van der Waals surface area contributed by atoms with E-state index < -0.39 is 0 Å². The summed E-state index contributed by atoms with van der Waals surface area (Å²) < 4.78 is 0.320. The highest BCUT2D eigenvalue weighted by Gasteiger charge is 2.38. The first-order valence-electron chi connectivity index (χ1n) is 7.59. The maximum absolute atomic E-state index is 3.75. The summed E-state index contributed by atoms with van der Waals surface area (Å²) in [5.41, 5.74) is 1.46. The fourth-order valence-electron chi connectivity index (χ4n) is 3.39. The first kappa shape index (κ1) is 14.0. The van der Waals surface area contributed by atoms with Gasteiger partial charge in [0, 0.05) is 10.8 Å². The fraction of sp³-hybridized carbons (Fsp3) is 0.444. The quantitative estimate of drug-likeness (QED) is 0.868. The van der Waals surface area contributed by atoms with Gasteiger partial charge in [-0.2, -0.15) is 11.8 Å². The molecule has 2 aromatic carbocycles. The predicted molar refractivity (Wildman–Crippen MR) is 90.5 cm³/mol. The van der Waals surface area contributed by atoms with Crippen molar-refractivity contribution in [1.29, 1.82) is 0 Å². The summed E-state index contributed by atoms with van der Waals surface area (Å²) in [6.07, 6.45) is 2.65. The van der Waals surface area contributed by atoms with E-state index in [9.17, 15) is 0 Å². The molecular formula is C18H23NS. The first-order valence-corrected chi connectivity index (χ1v) is 8.58. The van der Waals surface area contributed by atoms with E-state index in [1.165, 1.54) is 34.9 Å². The van der Waals surface area contributed by atoms with E-state index in [1.807, 2.05) is 0 Å². The van der Waals surface area contributed by atoms with E-state index in [4.69, 9.17) is 0 Å². The summed E-state index contributed by atoms with van der Waals surface area (Å²) in [7, 11) is 0. The molecule has 1 aliphatic rings. The minimum absolute atomic E-state index is 0.320. The first-order chi connectivity index (χ1) is 9.74. The summed E-state index contributed by atoms with van der Waals surface area (Å²) >= 11 is 2.13. The summed E-state index contributed by atoms with van der Waals surface area (Å²) in [4.78, 5) is 0. The van der Waals surface area contributed by atoms with Crippen LogP contribution in [0.5, 0.6) is 0 Å². The Balaban J connectivity index is 2.09. The van der Waals surface area contributed by atoms with Gasteiger partial charge in [-0.15, -0.1) is 0 Å². The molecule has 20 heavy (non-hydrogen) atoms. The second kappa shape index (κ2) is 5.79. The van der Waals surface area contributed by atoms with Crippen LogP contribution in [0.1, 0.15) is 38.3 Å². The molecule has 0 aromatic heterocycles. The molecular weight excluding hydrogens is 262 g/mol. The molecule has 0 aliphatic carbocycles. The molecule has 106 valence electrons. The fourth-order valence-corrected chi connectivity index (χ4v) is 4.81. The normalized spacial score (nSPS) is 24.1. The number of hydrogen-bond donors (Lipinski definition) is 1. The average molecular weight is 285 g/mol. The molecule has 0 saturated carbocycles. The number of hydrogen-bond acceptors (Lipinski definition) is 2. The molecule has 2 unspecified atom stereocenters. The molecule has 0 spiro atoms. The standard InChI is InChI=1S/C18H23NS/c1-3-19-17(18(2)12-7-13-20-18)16-11-6-9-14-8-4-5-10-15(14)16/h4-6,8-11,17,19H,3,7,12-13H2,1-2H3. The van der Waals surface area contributed by atoms with Crippen LogP contribution in [0.25, 0.3) is 10.8 Å². The van der Waals surface area contributed by atoms with Crippen molar-refractivity contribution in [3.05, 3.63) is 48.0 Å². The molecule has 1 nitrogen and oxygen atoms in total. The molecule has 1 fully saturated rings. The van der Waals surface area contributed by atoms with Gasteiger partial charge in [0.2, 0.25) is 0 Å². The monoisotopic (exact) mass is 285 g/mol. The summed E-state index contributed by atoms with van der Waals surface area (Å²) in [6.45, 7) is 5.66. The van der Waals surface area contributed by atoms with Crippen LogP contribution in [0.4, 0.5) is 0 Å². The molecule has 3 rings (SSSR count). The summed E-state index contributed by atoms with van der Waals surface area (Å²) in [6, 6.07) is 15.9. The molecule has 0 radical (unpaired) electrons. The van der Waals surface area contributed by atoms with Gasteiger partial charge in [0.25, 0.3) is 0 Å². The van der Waals surface area contributed by atoms with Gasteiger partial charge < -0.3 is 5.32 Å². The molecule has 2 heteroatoms. The van der Waals surface area contributed by atoms with Crippen LogP contribution in [0, 0.1) is 0 Å². The Morgan fingerprint density at radius 1 is 1.20 bits per heavy atom. The van der Waals surface area contributed by atoms with Crippen molar-refractivity contribution < 1.29 is 0 Å². The van der Waals surface area contributed by atoms with Crippen molar-refractivity contribution in [3.8, 4) is 0 Å². The van der Waals surface area contributed by atoms with E-state index in [0.29, 0.717) is 10.8 Å². The van der Waals surface area contributed by atoms with Crippen molar-refractivity contribution in [2.24, 2.45) is 0 Å². The average Bonchev–Trinajstić information content (AvgIpc) is 2.92. The smallest absolute Gasteiger partial charge is 0.0472 e. The Hall–Kier alpha value is -0.990. The highest BCUT2D eigenvalue weighted by Crippen LogP contribution is 2.47. The van der Waals surface area contributed by atoms with Gasteiger partial charge in [0.1, 0.15) is 0 Å². The van der Waals surface area contributed by atoms with Crippen LogP contribution < -0.4 is 5.32 Å². The molecule has 2 aromatic rings. The van der Waals surface area contributed by atoms with E-state index in [-0.39, 0.29) is 0 Å². The van der Waals surface area contributed by atoms with Crippen molar-refractivity contribution in [3.63, 3.8) is 0 Å². The zero-order valence-electron chi connectivity index (χ0n) is 12.4. The minimum atomic E-state index is 0.320. The van der Waals surface area contributed by atoms with Crippen LogP contribution >= 0.6 is 11.8 Å². The van der Waals surface area contributed by atoms with Gasteiger partial charge in [-0.05, 0) is 48.4 Å². The third-order valence-electron chi connectivity index (χ3n) is 4.40. The number of rotatable bonds is 4. The zero-order chi connectivity index (χ0) is 14.0. The number of thioether (sulfide) groups is 1. The van der Waals surface area contributed by atoms with Gasteiger partial charge in [0.15, 0.2) is 0 Å². The molecule has 1 saturated heterocycles. The second-order valence-corrected chi connectivity index (χ2v) is 7.45. The lowest BCUT2D eigenvalue weighted by Gasteiger charge is -2.35. The van der Waals surface area contributed by atoms with E-state index >= 15 is 0 Å². The lowest BCUT2D eigenvalue weighted by molar-refractivity contribution is 0.424. The van der Waals surface area contributed by atoms with Crippen molar-refractivity contribution in [1.82, 2.24) is 5.32 Å². The number of fused-ring (bicyclic) bond motifs is 1. The zero-order valence-corrected chi connectivity index (χ0v) is 13.2. The molecule has 1 N–H and O–H groups in total. The Kier molecular flexibility index (Phi) is 4.04. The predicted octanol–water partition coefficient (Wildman–Crippen LogP) is 4.78. The lowest BCUT2D eigenvalue weighted by Crippen LogP contribution is -2.37. The van der Waals surface area contributed by atoms with Crippen LogP contribution in [-0.2, 0) is 0 Å². The van der Waals surface area contributed by atoms with Crippen LogP contribution in [-0.4, -0.2) is 17.0 Å².